The largest absolute Gasteiger partial charge is 0.491 e. The summed E-state index contributed by atoms with van der Waals surface area (Å²) >= 11 is 0. The van der Waals surface area contributed by atoms with Gasteiger partial charge in [0.15, 0.2) is 0 Å². The molecule has 0 spiro atoms. The zero-order valence-corrected chi connectivity index (χ0v) is 13.3. The molecule has 5 heteroatoms. The topological polar surface area (TPSA) is 72.6 Å². The first-order chi connectivity index (χ1) is 10.6. The summed E-state index contributed by atoms with van der Waals surface area (Å²) in [5.41, 5.74) is 7.23. The number of rotatable bonds is 2. The van der Waals surface area contributed by atoms with Gasteiger partial charge in [-0.3, -0.25) is 9.59 Å². The summed E-state index contributed by atoms with van der Waals surface area (Å²) in [6.45, 7) is 7.64. The minimum atomic E-state index is -0.576. The molecule has 118 valence electrons. The maximum atomic E-state index is 11.6. The minimum Gasteiger partial charge on any atom is -0.491 e. The van der Waals surface area contributed by atoms with Gasteiger partial charge in [0.25, 0.3) is 10.9 Å². The maximum absolute atomic E-state index is 11.6. The second-order valence-electron chi connectivity index (χ2n) is 4.99. The SMILES string of the molecule is CC.CCc1ccc2c(c1)CN(c1c(N)c(=O)c1=O)CCO2. The van der Waals surface area contributed by atoms with Crippen molar-refractivity contribution in [2.75, 3.05) is 23.8 Å². The average Bonchev–Trinajstić information content (AvgIpc) is 2.77. The molecule has 0 unspecified atom stereocenters. The monoisotopic (exact) mass is 302 g/mol. The van der Waals surface area contributed by atoms with Crippen molar-refractivity contribution in [3.05, 3.63) is 49.8 Å². The van der Waals surface area contributed by atoms with Gasteiger partial charge in [-0.05, 0) is 18.1 Å². The summed E-state index contributed by atoms with van der Waals surface area (Å²) in [7, 11) is 0. The lowest BCUT2D eigenvalue weighted by atomic mass is 10.1. The average molecular weight is 302 g/mol. The van der Waals surface area contributed by atoms with Crippen LogP contribution >= 0.6 is 0 Å². The van der Waals surface area contributed by atoms with Gasteiger partial charge < -0.3 is 15.4 Å². The van der Waals surface area contributed by atoms with Crippen LogP contribution in [0, 0.1) is 0 Å². The van der Waals surface area contributed by atoms with E-state index in [2.05, 4.69) is 13.0 Å². The van der Waals surface area contributed by atoms with Gasteiger partial charge in [0, 0.05) is 12.1 Å². The molecule has 1 heterocycles. The summed E-state index contributed by atoms with van der Waals surface area (Å²) in [5.74, 6) is 0.835. The van der Waals surface area contributed by atoms with Crippen molar-refractivity contribution in [3.63, 3.8) is 0 Å². The zero-order valence-electron chi connectivity index (χ0n) is 13.3. The van der Waals surface area contributed by atoms with Crippen molar-refractivity contribution < 1.29 is 4.74 Å². The number of ether oxygens (including phenoxy) is 1. The van der Waals surface area contributed by atoms with Crippen molar-refractivity contribution >= 4 is 11.4 Å². The first-order valence-corrected chi connectivity index (χ1v) is 7.70. The van der Waals surface area contributed by atoms with Crippen LogP contribution < -0.4 is 26.2 Å². The third-order valence-electron chi connectivity index (χ3n) is 3.75. The summed E-state index contributed by atoms with van der Waals surface area (Å²) in [6, 6.07) is 6.08. The lowest BCUT2D eigenvalue weighted by Gasteiger charge is -2.23. The van der Waals surface area contributed by atoms with E-state index in [1.54, 1.807) is 0 Å². The van der Waals surface area contributed by atoms with Crippen molar-refractivity contribution in [2.24, 2.45) is 0 Å². The van der Waals surface area contributed by atoms with Crippen LogP contribution in [0.4, 0.5) is 11.4 Å². The number of nitrogens with zero attached hydrogens (tertiary/aromatic N) is 1. The third kappa shape index (κ3) is 2.71. The van der Waals surface area contributed by atoms with Gasteiger partial charge in [-0.1, -0.05) is 32.9 Å². The molecule has 1 aliphatic heterocycles. The smallest absolute Gasteiger partial charge is 0.253 e. The molecule has 0 amide bonds. The number of hydrogen-bond acceptors (Lipinski definition) is 5. The standard InChI is InChI=1S/C15H16N2O3.C2H6/c1-2-9-3-4-11-10(7-9)8-17(5-6-20-11)13-12(16)14(18)15(13)19;1-2/h3-4,7H,2,5-6,8,16H2,1H3;1-2H3. The Bertz CT molecular complexity index is 730. The fourth-order valence-electron chi connectivity index (χ4n) is 2.57. The van der Waals surface area contributed by atoms with E-state index in [0.717, 1.165) is 17.7 Å². The number of hydrogen-bond donors (Lipinski definition) is 1. The first kappa shape index (κ1) is 16.1. The Balaban J connectivity index is 0.000000847. The molecular weight excluding hydrogens is 280 g/mol. The molecule has 0 atom stereocenters. The molecule has 2 aromatic carbocycles. The van der Waals surface area contributed by atoms with E-state index in [1.165, 1.54) is 5.56 Å². The van der Waals surface area contributed by atoms with Crippen LogP contribution in [0.3, 0.4) is 0 Å². The van der Waals surface area contributed by atoms with Crippen molar-refractivity contribution in [1.29, 1.82) is 0 Å². The van der Waals surface area contributed by atoms with Crippen molar-refractivity contribution in [3.8, 4) is 5.75 Å². The molecule has 0 aliphatic carbocycles. The molecular formula is C17H22N2O3. The van der Waals surface area contributed by atoms with Gasteiger partial charge in [-0.15, -0.1) is 0 Å². The summed E-state index contributed by atoms with van der Waals surface area (Å²) in [6.07, 6.45) is 0.940. The quantitative estimate of drug-likeness (QED) is 0.857. The Kier molecular flexibility index (Phi) is 4.85. The molecule has 0 saturated heterocycles. The van der Waals surface area contributed by atoms with Gasteiger partial charge in [0.1, 0.15) is 23.7 Å². The number of nitrogens with two attached hydrogens (primary N) is 1. The normalized spacial score (nSPS) is 13.7. The number of nitrogen functional groups attached to an aromatic ring is 1. The van der Waals surface area contributed by atoms with Crippen LogP contribution in [0.15, 0.2) is 27.8 Å². The van der Waals surface area contributed by atoms with E-state index in [-0.39, 0.29) is 5.69 Å². The lowest BCUT2D eigenvalue weighted by Crippen LogP contribution is -2.43. The van der Waals surface area contributed by atoms with Gasteiger partial charge >= 0.3 is 0 Å². The molecule has 0 bridgehead atoms. The fourth-order valence-corrected chi connectivity index (χ4v) is 2.57. The molecule has 0 fully saturated rings. The van der Waals surface area contributed by atoms with Crippen LogP contribution in [0.5, 0.6) is 5.75 Å². The van der Waals surface area contributed by atoms with E-state index in [0.29, 0.717) is 25.4 Å². The number of anilines is 2. The number of aryl methyl sites for hydroxylation is 1. The Morgan fingerprint density at radius 1 is 1.23 bits per heavy atom. The Morgan fingerprint density at radius 3 is 2.59 bits per heavy atom. The van der Waals surface area contributed by atoms with Crippen LogP contribution in [-0.2, 0) is 13.0 Å². The maximum Gasteiger partial charge on any atom is 0.253 e. The van der Waals surface area contributed by atoms with Crippen molar-refractivity contribution in [1.82, 2.24) is 0 Å². The molecule has 3 rings (SSSR count). The number of fused-ring (bicyclic) bond motifs is 1. The van der Waals surface area contributed by atoms with Gasteiger partial charge in [0.05, 0.1) is 6.54 Å². The summed E-state index contributed by atoms with van der Waals surface area (Å²) < 4.78 is 5.69. The van der Waals surface area contributed by atoms with Crippen LogP contribution in [-0.4, -0.2) is 13.2 Å². The number of benzene rings is 1. The highest BCUT2D eigenvalue weighted by Crippen LogP contribution is 2.28. The predicted molar refractivity (Wildman–Crippen MR) is 89.5 cm³/mol. The molecule has 0 aromatic heterocycles. The van der Waals surface area contributed by atoms with Crippen molar-refractivity contribution in [2.45, 2.75) is 33.7 Å². The van der Waals surface area contributed by atoms with E-state index in [9.17, 15) is 9.59 Å². The van der Waals surface area contributed by atoms with Gasteiger partial charge in [-0.25, -0.2) is 0 Å². The predicted octanol–water partition coefficient (Wildman–Crippen LogP) is 1.85. The van der Waals surface area contributed by atoms with Crippen LogP contribution in [0.1, 0.15) is 31.9 Å². The zero-order chi connectivity index (χ0) is 16.3. The molecule has 0 radical (unpaired) electrons. The first-order valence-electron chi connectivity index (χ1n) is 7.70. The molecule has 22 heavy (non-hydrogen) atoms. The molecule has 5 nitrogen and oxygen atoms in total. The molecule has 0 saturated carbocycles. The highest BCUT2D eigenvalue weighted by atomic mass is 16.5. The van der Waals surface area contributed by atoms with Gasteiger partial charge in [-0.2, -0.15) is 0 Å². The second kappa shape index (κ2) is 6.64. The summed E-state index contributed by atoms with van der Waals surface area (Å²) in [5, 5.41) is 0. The van der Waals surface area contributed by atoms with E-state index in [1.807, 2.05) is 30.9 Å². The molecule has 1 aliphatic rings. The molecule has 2 N–H and O–H groups in total. The van der Waals surface area contributed by atoms with E-state index in [4.69, 9.17) is 10.5 Å². The Hall–Kier alpha value is -2.30. The second-order valence-corrected chi connectivity index (χ2v) is 4.99. The highest BCUT2D eigenvalue weighted by Gasteiger charge is 2.26. The molecule has 2 aromatic rings. The highest BCUT2D eigenvalue weighted by molar-refractivity contribution is 5.73. The third-order valence-corrected chi connectivity index (χ3v) is 3.75. The Morgan fingerprint density at radius 2 is 1.95 bits per heavy atom. The van der Waals surface area contributed by atoms with Gasteiger partial charge in [0.2, 0.25) is 0 Å². The minimum absolute atomic E-state index is 0.0742. The van der Waals surface area contributed by atoms with E-state index >= 15 is 0 Å². The fraction of sp³-hybridized carbons (Fsp3) is 0.412. The Labute approximate surface area is 130 Å². The van der Waals surface area contributed by atoms with E-state index < -0.39 is 10.9 Å². The van der Waals surface area contributed by atoms with Crippen LogP contribution in [0.25, 0.3) is 0 Å². The van der Waals surface area contributed by atoms with Crippen LogP contribution in [0.2, 0.25) is 0 Å². The lowest BCUT2D eigenvalue weighted by molar-refractivity contribution is 0.331. The summed E-state index contributed by atoms with van der Waals surface area (Å²) in [4.78, 5) is 24.7.